The summed E-state index contributed by atoms with van der Waals surface area (Å²) in [5.41, 5.74) is 8.30. The molecule has 1 aliphatic carbocycles. The number of methoxy groups -OCH3 is 1. The lowest BCUT2D eigenvalue weighted by Crippen LogP contribution is -2.23. The van der Waals surface area contributed by atoms with E-state index >= 15 is 0 Å². The Morgan fingerprint density at radius 2 is 1.87 bits per heavy atom. The monoisotopic (exact) mass is 551 g/mol. The molecule has 38 heavy (non-hydrogen) atoms. The maximum Gasteiger partial charge on any atom is 0.223 e. The second-order valence-corrected chi connectivity index (χ2v) is 10.1. The highest BCUT2D eigenvalue weighted by Gasteiger charge is 2.16. The van der Waals surface area contributed by atoms with Gasteiger partial charge in [0.15, 0.2) is 5.75 Å². The van der Waals surface area contributed by atoms with Gasteiger partial charge >= 0.3 is 0 Å². The Balaban J connectivity index is 0.00000164. The van der Waals surface area contributed by atoms with Gasteiger partial charge in [-0.1, -0.05) is 49.9 Å². The first-order valence-corrected chi connectivity index (χ1v) is 14.1. The Morgan fingerprint density at radius 1 is 1.08 bits per heavy atom. The first-order chi connectivity index (χ1) is 18.6. The summed E-state index contributed by atoms with van der Waals surface area (Å²) < 4.78 is 8.81. The molecule has 10 heteroatoms. The van der Waals surface area contributed by atoms with Gasteiger partial charge in [0.05, 0.1) is 23.3 Å². The standard InChI is InChI=1S/C27H29ClN6OS.CH5N/c1-3-17-13-18(14-19-16-29-27(31-25(17)19)30-20-9-5-4-6-10-20)22-15-23(35-2)26(33-32-22)34-36-24-12-8-7-11-21(24)28;1-2/h7-8,11-16,20H,3-6,9-10H2,1-2H3,(H,33,34)(H,29,30,31);2H2,1H3. The smallest absolute Gasteiger partial charge is 0.223 e. The van der Waals surface area contributed by atoms with Gasteiger partial charge in [0.2, 0.25) is 11.8 Å². The van der Waals surface area contributed by atoms with Crippen LogP contribution in [0.25, 0.3) is 22.2 Å². The molecule has 4 N–H and O–H groups in total. The maximum absolute atomic E-state index is 6.26. The Morgan fingerprint density at radius 3 is 2.61 bits per heavy atom. The number of aromatic nitrogens is 4. The fraction of sp³-hybridized carbons (Fsp3) is 0.357. The van der Waals surface area contributed by atoms with E-state index in [-0.39, 0.29) is 0 Å². The molecule has 1 fully saturated rings. The Hall–Kier alpha value is -3.14. The number of fused-ring (bicyclic) bond motifs is 1. The molecular formula is C28H34ClN7OS. The first kappa shape index (κ1) is 27.9. The van der Waals surface area contributed by atoms with Crippen LogP contribution in [0.4, 0.5) is 11.8 Å². The van der Waals surface area contributed by atoms with Crippen LogP contribution in [0.1, 0.15) is 44.6 Å². The summed E-state index contributed by atoms with van der Waals surface area (Å²) in [7, 11) is 3.12. The number of halogens is 1. The number of aryl methyl sites for hydroxylation is 1. The van der Waals surface area contributed by atoms with Crippen LogP contribution in [0.3, 0.4) is 0 Å². The van der Waals surface area contributed by atoms with Crippen LogP contribution in [-0.2, 0) is 6.42 Å². The van der Waals surface area contributed by atoms with Gasteiger partial charge in [-0.2, -0.15) is 0 Å². The molecule has 8 nitrogen and oxygen atoms in total. The zero-order valence-corrected chi connectivity index (χ0v) is 23.6. The van der Waals surface area contributed by atoms with Gasteiger partial charge < -0.3 is 20.5 Å². The fourth-order valence-corrected chi connectivity index (χ4v) is 5.42. The van der Waals surface area contributed by atoms with Crippen LogP contribution >= 0.6 is 23.5 Å². The van der Waals surface area contributed by atoms with Crippen LogP contribution in [0.15, 0.2) is 53.6 Å². The van der Waals surface area contributed by atoms with Crippen molar-refractivity contribution in [2.45, 2.75) is 56.4 Å². The number of ether oxygens (including phenoxy) is 1. The van der Waals surface area contributed by atoms with E-state index < -0.39 is 0 Å². The van der Waals surface area contributed by atoms with Crippen molar-refractivity contribution in [3.8, 4) is 17.0 Å². The van der Waals surface area contributed by atoms with Gasteiger partial charge in [-0.05, 0) is 68.1 Å². The van der Waals surface area contributed by atoms with E-state index in [9.17, 15) is 0 Å². The second-order valence-electron chi connectivity index (χ2n) is 8.88. The molecular weight excluding hydrogens is 518 g/mol. The summed E-state index contributed by atoms with van der Waals surface area (Å²) in [5.74, 6) is 1.84. The highest BCUT2D eigenvalue weighted by Crippen LogP contribution is 2.34. The largest absolute Gasteiger partial charge is 0.493 e. The molecule has 2 aromatic heterocycles. The van der Waals surface area contributed by atoms with Gasteiger partial charge in [0.1, 0.15) is 0 Å². The van der Waals surface area contributed by atoms with Crippen molar-refractivity contribution in [3.63, 3.8) is 0 Å². The zero-order valence-electron chi connectivity index (χ0n) is 22.0. The van der Waals surface area contributed by atoms with Crippen LogP contribution in [-0.4, -0.2) is 40.4 Å². The van der Waals surface area contributed by atoms with Crippen molar-refractivity contribution in [2.75, 3.05) is 24.2 Å². The minimum absolute atomic E-state index is 0.464. The van der Waals surface area contributed by atoms with Crippen LogP contribution in [0, 0.1) is 0 Å². The molecule has 200 valence electrons. The van der Waals surface area contributed by atoms with Crippen molar-refractivity contribution in [3.05, 3.63) is 59.2 Å². The lowest BCUT2D eigenvalue weighted by molar-refractivity contribution is 0.414. The van der Waals surface area contributed by atoms with E-state index in [2.05, 4.69) is 50.0 Å². The third-order valence-corrected chi connectivity index (χ3v) is 7.76. The van der Waals surface area contributed by atoms with E-state index in [0.29, 0.717) is 28.6 Å². The second kappa shape index (κ2) is 13.6. The van der Waals surface area contributed by atoms with E-state index in [1.54, 1.807) is 7.11 Å². The quantitative estimate of drug-likeness (QED) is 0.205. The van der Waals surface area contributed by atoms with Crippen molar-refractivity contribution in [1.82, 2.24) is 20.2 Å². The van der Waals surface area contributed by atoms with Gasteiger partial charge in [-0.25, -0.2) is 9.97 Å². The van der Waals surface area contributed by atoms with Crippen molar-refractivity contribution in [2.24, 2.45) is 5.73 Å². The summed E-state index contributed by atoms with van der Waals surface area (Å²) in [4.78, 5) is 10.4. The summed E-state index contributed by atoms with van der Waals surface area (Å²) in [6.07, 6.45) is 8.98. The number of nitrogens with one attached hydrogen (secondary N) is 2. The van der Waals surface area contributed by atoms with Gasteiger partial charge in [-0.15, -0.1) is 10.2 Å². The topological polar surface area (TPSA) is 111 Å². The van der Waals surface area contributed by atoms with E-state index in [1.807, 2.05) is 36.5 Å². The average molecular weight is 552 g/mol. The number of anilines is 2. The number of nitrogens with zero attached hydrogens (tertiary/aromatic N) is 4. The number of hydrogen-bond acceptors (Lipinski definition) is 9. The molecule has 0 radical (unpaired) electrons. The van der Waals surface area contributed by atoms with Crippen molar-refractivity contribution < 1.29 is 4.74 Å². The van der Waals surface area contributed by atoms with Gasteiger partial charge in [0.25, 0.3) is 0 Å². The Kier molecular flexibility index (Phi) is 9.98. The predicted molar refractivity (Wildman–Crippen MR) is 158 cm³/mol. The lowest BCUT2D eigenvalue weighted by atomic mass is 9.96. The number of nitrogens with two attached hydrogens (primary N) is 1. The van der Waals surface area contributed by atoms with Crippen LogP contribution in [0.2, 0.25) is 5.02 Å². The highest BCUT2D eigenvalue weighted by molar-refractivity contribution is 8.00. The molecule has 2 heterocycles. The molecule has 0 saturated heterocycles. The maximum atomic E-state index is 6.26. The summed E-state index contributed by atoms with van der Waals surface area (Å²) in [6.45, 7) is 2.14. The molecule has 0 bridgehead atoms. The number of hydrogen-bond donors (Lipinski definition) is 3. The van der Waals surface area contributed by atoms with Gasteiger partial charge in [-0.3, -0.25) is 0 Å². The summed E-state index contributed by atoms with van der Waals surface area (Å²) in [6, 6.07) is 14.2. The molecule has 0 atom stereocenters. The highest BCUT2D eigenvalue weighted by atomic mass is 35.5. The fourth-order valence-electron chi connectivity index (χ4n) is 4.51. The van der Waals surface area contributed by atoms with Gasteiger partial charge in [0, 0.05) is 34.2 Å². The van der Waals surface area contributed by atoms with E-state index in [4.69, 9.17) is 21.3 Å². The first-order valence-electron chi connectivity index (χ1n) is 12.9. The average Bonchev–Trinajstić information content (AvgIpc) is 2.97. The molecule has 0 aliphatic heterocycles. The minimum atomic E-state index is 0.464. The molecule has 0 amide bonds. The van der Waals surface area contributed by atoms with Crippen LogP contribution in [0.5, 0.6) is 5.75 Å². The minimum Gasteiger partial charge on any atom is -0.493 e. The zero-order chi connectivity index (χ0) is 26.9. The van der Waals surface area contributed by atoms with Crippen molar-refractivity contribution in [1.29, 1.82) is 0 Å². The predicted octanol–water partition coefficient (Wildman–Crippen LogP) is 6.75. The van der Waals surface area contributed by atoms with Crippen molar-refractivity contribution >= 4 is 46.2 Å². The molecule has 1 saturated carbocycles. The molecule has 4 aromatic rings. The van der Waals surface area contributed by atoms with Crippen LogP contribution < -0.4 is 20.5 Å². The molecule has 2 aromatic carbocycles. The number of rotatable bonds is 8. The third kappa shape index (κ3) is 6.64. The molecule has 1 aliphatic rings. The molecule has 0 spiro atoms. The lowest BCUT2D eigenvalue weighted by Gasteiger charge is -2.22. The summed E-state index contributed by atoms with van der Waals surface area (Å²) >= 11 is 7.63. The SMILES string of the molecule is CCc1cc(-c2cc(OC)c(NSc3ccccc3Cl)nn2)cc2cnc(NC3CCCCC3)nc12.CN. The van der Waals surface area contributed by atoms with E-state index in [0.717, 1.165) is 39.0 Å². The third-order valence-electron chi connectivity index (χ3n) is 6.45. The molecule has 5 rings (SSSR count). The number of benzene rings is 2. The summed E-state index contributed by atoms with van der Waals surface area (Å²) in [5, 5.41) is 14.1. The Labute approximate surface area is 233 Å². The van der Waals surface area contributed by atoms with E-state index in [1.165, 1.54) is 51.1 Å². The molecule has 0 unspecified atom stereocenters. The Bertz CT molecular complexity index is 1360. The normalized spacial score (nSPS) is 13.5.